The summed E-state index contributed by atoms with van der Waals surface area (Å²) in [5.41, 5.74) is 0.210. The van der Waals surface area contributed by atoms with Crippen LogP contribution in [0.4, 0.5) is 9.52 Å². The maximum atomic E-state index is 13.2. The Hall–Kier alpha value is -3.07. The molecule has 1 N–H and O–H groups in total. The van der Waals surface area contributed by atoms with Crippen LogP contribution in [0.3, 0.4) is 0 Å². The van der Waals surface area contributed by atoms with E-state index < -0.39 is 11.7 Å². The zero-order valence-electron chi connectivity index (χ0n) is 11.4. The lowest BCUT2D eigenvalue weighted by molar-refractivity contribution is 0.102. The maximum Gasteiger partial charge on any atom is 0.257 e. The fourth-order valence-corrected chi connectivity index (χ4v) is 2.76. The van der Waals surface area contributed by atoms with Crippen LogP contribution >= 0.6 is 11.3 Å². The highest BCUT2D eigenvalue weighted by Gasteiger charge is 2.17. The van der Waals surface area contributed by atoms with Gasteiger partial charge in [-0.3, -0.25) is 10.1 Å². The standard InChI is InChI=1S/C14H8FN5O2S/c15-9-4-1-3-8(7-9)12(21)16-13-19-20-11(10-5-2-6-22-10)17-18-14(20)23-13/h1-7H,(H,16,19,21). The molecule has 0 bridgehead atoms. The molecule has 114 valence electrons. The van der Waals surface area contributed by atoms with Crippen molar-refractivity contribution in [1.82, 2.24) is 19.8 Å². The number of amides is 1. The Kier molecular flexibility index (Phi) is 3.12. The van der Waals surface area contributed by atoms with Gasteiger partial charge in [0.05, 0.1) is 6.26 Å². The van der Waals surface area contributed by atoms with Gasteiger partial charge in [0.25, 0.3) is 5.91 Å². The highest BCUT2D eigenvalue weighted by atomic mass is 32.1. The minimum atomic E-state index is -0.476. The Labute approximate surface area is 132 Å². The summed E-state index contributed by atoms with van der Waals surface area (Å²) in [6.07, 6.45) is 1.52. The number of furan rings is 1. The molecule has 0 aliphatic carbocycles. The first-order chi connectivity index (χ1) is 11.2. The first-order valence-corrected chi connectivity index (χ1v) is 7.35. The second-order valence-corrected chi connectivity index (χ2v) is 5.52. The van der Waals surface area contributed by atoms with Gasteiger partial charge in [-0.1, -0.05) is 17.4 Å². The molecular weight excluding hydrogens is 321 g/mol. The largest absolute Gasteiger partial charge is 0.461 e. The molecule has 3 aromatic heterocycles. The zero-order valence-corrected chi connectivity index (χ0v) is 12.2. The minimum absolute atomic E-state index is 0.210. The summed E-state index contributed by atoms with van der Waals surface area (Å²) in [5, 5.41) is 15.2. The quantitative estimate of drug-likeness (QED) is 0.625. The van der Waals surface area contributed by atoms with Crippen molar-refractivity contribution in [3.63, 3.8) is 0 Å². The molecule has 4 rings (SSSR count). The number of carbonyl (C=O) groups excluding carboxylic acids is 1. The summed E-state index contributed by atoms with van der Waals surface area (Å²) in [5.74, 6) is 0.0308. The monoisotopic (exact) mass is 329 g/mol. The number of hydrogen-bond acceptors (Lipinski definition) is 6. The van der Waals surface area contributed by atoms with Crippen LogP contribution in [0, 0.1) is 5.82 Å². The summed E-state index contributed by atoms with van der Waals surface area (Å²) < 4.78 is 19.9. The van der Waals surface area contributed by atoms with Crippen molar-refractivity contribution in [3.05, 3.63) is 54.0 Å². The van der Waals surface area contributed by atoms with Crippen molar-refractivity contribution >= 4 is 27.3 Å². The lowest BCUT2D eigenvalue weighted by Gasteiger charge is -2.00. The highest BCUT2D eigenvalue weighted by molar-refractivity contribution is 7.20. The molecule has 0 fully saturated rings. The van der Waals surface area contributed by atoms with E-state index in [0.717, 1.165) is 17.4 Å². The van der Waals surface area contributed by atoms with Gasteiger partial charge < -0.3 is 4.42 Å². The van der Waals surface area contributed by atoms with E-state index in [4.69, 9.17) is 4.42 Å². The summed E-state index contributed by atoms with van der Waals surface area (Å²) >= 11 is 1.15. The van der Waals surface area contributed by atoms with E-state index in [-0.39, 0.29) is 5.56 Å². The molecule has 0 unspecified atom stereocenters. The molecule has 0 saturated heterocycles. The molecule has 0 aliphatic heterocycles. The van der Waals surface area contributed by atoms with Crippen molar-refractivity contribution in [2.24, 2.45) is 0 Å². The SMILES string of the molecule is O=C(Nc1nn2c(-c3ccco3)nnc2s1)c1cccc(F)c1. The Balaban J connectivity index is 1.64. The van der Waals surface area contributed by atoms with E-state index in [9.17, 15) is 9.18 Å². The number of nitrogens with zero attached hydrogens (tertiary/aromatic N) is 4. The van der Waals surface area contributed by atoms with E-state index in [1.807, 2.05) is 0 Å². The highest BCUT2D eigenvalue weighted by Crippen LogP contribution is 2.24. The van der Waals surface area contributed by atoms with Crippen LogP contribution in [-0.4, -0.2) is 25.7 Å². The van der Waals surface area contributed by atoms with Crippen LogP contribution in [0.15, 0.2) is 47.1 Å². The molecule has 9 heteroatoms. The van der Waals surface area contributed by atoms with Crippen LogP contribution in [0.5, 0.6) is 0 Å². The number of anilines is 1. The summed E-state index contributed by atoms with van der Waals surface area (Å²) in [6.45, 7) is 0. The van der Waals surface area contributed by atoms with E-state index >= 15 is 0 Å². The average molecular weight is 329 g/mol. The zero-order chi connectivity index (χ0) is 15.8. The number of nitrogens with one attached hydrogen (secondary N) is 1. The second kappa shape index (κ2) is 5.29. The van der Waals surface area contributed by atoms with Crippen molar-refractivity contribution < 1.29 is 13.6 Å². The second-order valence-electron chi connectivity index (χ2n) is 4.57. The van der Waals surface area contributed by atoms with Crippen molar-refractivity contribution in [1.29, 1.82) is 0 Å². The fraction of sp³-hybridized carbons (Fsp3) is 0. The van der Waals surface area contributed by atoms with E-state index in [1.54, 1.807) is 12.1 Å². The molecule has 0 saturated carbocycles. The molecule has 3 heterocycles. The van der Waals surface area contributed by atoms with Gasteiger partial charge in [-0.25, -0.2) is 4.39 Å². The lowest BCUT2D eigenvalue weighted by Crippen LogP contribution is -2.12. The Morgan fingerprint density at radius 2 is 2.17 bits per heavy atom. The third-order valence-corrected chi connectivity index (χ3v) is 3.85. The predicted molar refractivity (Wildman–Crippen MR) is 80.7 cm³/mol. The number of carbonyl (C=O) groups is 1. The van der Waals surface area contributed by atoms with Gasteiger partial charge in [0.15, 0.2) is 5.76 Å². The van der Waals surface area contributed by atoms with Crippen LogP contribution in [0.25, 0.3) is 16.5 Å². The van der Waals surface area contributed by atoms with E-state index in [2.05, 4.69) is 20.6 Å². The van der Waals surface area contributed by atoms with Crippen molar-refractivity contribution in [3.8, 4) is 11.6 Å². The maximum absolute atomic E-state index is 13.2. The fourth-order valence-electron chi connectivity index (χ4n) is 2.03. The average Bonchev–Trinajstić information content (AvgIpc) is 3.23. The number of rotatable bonds is 3. The minimum Gasteiger partial charge on any atom is -0.461 e. The molecule has 7 nitrogen and oxygen atoms in total. The van der Waals surface area contributed by atoms with Crippen LogP contribution < -0.4 is 5.32 Å². The van der Waals surface area contributed by atoms with Crippen LogP contribution in [-0.2, 0) is 0 Å². The molecule has 1 amide bonds. The number of aromatic nitrogens is 4. The molecule has 0 atom stereocenters. The summed E-state index contributed by atoms with van der Waals surface area (Å²) in [4.78, 5) is 12.6. The van der Waals surface area contributed by atoms with Gasteiger partial charge in [0.2, 0.25) is 15.9 Å². The molecular formula is C14H8FN5O2S. The van der Waals surface area contributed by atoms with Gasteiger partial charge in [-0.05, 0) is 30.3 Å². The number of hydrogen-bond donors (Lipinski definition) is 1. The van der Waals surface area contributed by atoms with Crippen molar-refractivity contribution in [2.45, 2.75) is 0 Å². The molecule has 1 aromatic carbocycles. The Morgan fingerprint density at radius 1 is 1.26 bits per heavy atom. The van der Waals surface area contributed by atoms with Gasteiger partial charge in [0.1, 0.15) is 5.82 Å². The smallest absolute Gasteiger partial charge is 0.257 e. The van der Waals surface area contributed by atoms with E-state index in [0.29, 0.717) is 21.7 Å². The van der Waals surface area contributed by atoms with Crippen LogP contribution in [0.1, 0.15) is 10.4 Å². The number of benzene rings is 1. The third-order valence-electron chi connectivity index (χ3n) is 3.04. The van der Waals surface area contributed by atoms with Gasteiger partial charge >= 0.3 is 0 Å². The predicted octanol–water partition coefficient (Wildman–Crippen LogP) is 2.84. The lowest BCUT2D eigenvalue weighted by atomic mass is 10.2. The Morgan fingerprint density at radius 3 is 2.96 bits per heavy atom. The molecule has 4 aromatic rings. The normalized spacial score (nSPS) is 11.0. The van der Waals surface area contributed by atoms with Crippen molar-refractivity contribution in [2.75, 3.05) is 5.32 Å². The Bertz CT molecular complexity index is 992. The number of halogens is 1. The van der Waals surface area contributed by atoms with Crippen LogP contribution in [0.2, 0.25) is 0 Å². The van der Waals surface area contributed by atoms with Gasteiger partial charge in [-0.2, -0.15) is 4.52 Å². The number of fused-ring (bicyclic) bond motifs is 1. The molecule has 0 radical (unpaired) electrons. The van der Waals surface area contributed by atoms with E-state index in [1.165, 1.54) is 29.0 Å². The summed E-state index contributed by atoms with van der Waals surface area (Å²) in [7, 11) is 0. The topological polar surface area (TPSA) is 85.3 Å². The molecule has 23 heavy (non-hydrogen) atoms. The third kappa shape index (κ3) is 2.46. The first-order valence-electron chi connectivity index (χ1n) is 6.54. The van der Waals surface area contributed by atoms with Gasteiger partial charge in [-0.15, -0.1) is 15.3 Å². The summed E-state index contributed by atoms with van der Waals surface area (Å²) in [6, 6.07) is 8.89. The molecule has 0 aliphatic rings. The van der Waals surface area contributed by atoms with Gasteiger partial charge in [0, 0.05) is 5.56 Å². The molecule has 0 spiro atoms. The first kappa shape index (κ1) is 13.6.